The average Bonchev–Trinajstić information content (AvgIpc) is 3.12. The zero-order valence-corrected chi connectivity index (χ0v) is 20.2. The van der Waals surface area contributed by atoms with Crippen LogP contribution in [0.25, 0.3) is 0 Å². The van der Waals surface area contributed by atoms with Gasteiger partial charge >= 0.3 is 6.18 Å². The molecule has 1 saturated carbocycles. The monoisotopic (exact) mass is 534 g/mol. The van der Waals surface area contributed by atoms with Crippen molar-refractivity contribution in [3.05, 3.63) is 0 Å². The van der Waals surface area contributed by atoms with E-state index in [1.54, 1.807) is 14.2 Å². The van der Waals surface area contributed by atoms with Crippen LogP contribution < -0.4 is 10.6 Å². The molecule has 1 aliphatic carbocycles. The van der Waals surface area contributed by atoms with Crippen LogP contribution in [0, 0.1) is 11.3 Å². The van der Waals surface area contributed by atoms with Gasteiger partial charge in [0.05, 0.1) is 6.54 Å². The molecule has 0 atom stereocenters. The van der Waals surface area contributed by atoms with Gasteiger partial charge < -0.3 is 15.4 Å². The van der Waals surface area contributed by atoms with Gasteiger partial charge in [0.2, 0.25) is 0 Å². The number of halogens is 4. The van der Waals surface area contributed by atoms with Crippen LogP contribution in [0.1, 0.15) is 51.4 Å². The Morgan fingerprint density at radius 2 is 1.83 bits per heavy atom. The van der Waals surface area contributed by atoms with E-state index in [0.29, 0.717) is 24.4 Å². The summed E-state index contributed by atoms with van der Waals surface area (Å²) < 4.78 is 42.7. The molecule has 9 heteroatoms. The van der Waals surface area contributed by atoms with E-state index in [1.165, 1.54) is 30.6 Å². The fourth-order valence-corrected chi connectivity index (χ4v) is 4.53. The van der Waals surface area contributed by atoms with E-state index < -0.39 is 12.7 Å². The van der Waals surface area contributed by atoms with Crippen molar-refractivity contribution in [2.24, 2.45) is 16.3 Å². The maximum absolute atomic E-state index is 12.5. The first kappa shape index (κ1) is 26.7. The summed E-state index contributed by atoms with van der Waals surface area (Å²) in [7, 11) is 3.53. The van der Waals surface area contributed by atoms with Gasteiger partial charge in [-0.25, -0.2) is 0 Å². The number of aliphatic imine (C=N–C) groups is 1. The molecule has 2 aliphatic rings. The van der Waals surface area contributed by atoms with Gasteiger partial charge in [-0.3, -0.25) is 9.89 Å². The third-order valence-electron chi connectivity index (χ3n) is 6.31. The van der Waals surface area contributed by atoms with Crippen LogP contribution in [0.4, 0.5) is 13.2 Å². The lowest BCUT2D eigenvalue weighted by Crippen LogP contribution is -2.44. The van der Waals surface area contributed by atoms with Gasteiger partial charge in [-0.05, 0) is 62.9 Å². The minimum atomic E-state index is -4.09. The lowest BCUT2D eigenvalue weighted by atomic mass is 9.83. The van der Waals surface area contributed by atoms with Crippen molar-refractivity contribution >= 4 is 29.9 Å². The molecular weight excluding hydrogens is 496 g/mol. The molecule has 0 bridgehead atoms. The summed E-state index contributed by atoms with van der Waals surface area (Å²) in [6, 6.07) is 0. The van der Waals surface area contributed by atoms with E-state index in [9.17, 15) is 13.2 Å². The lowest BCUT2D eigenvalue weighted by molar-refractivity contribution is -0.148. The topological polar surface area (TPSA) is 48.9 Å². The molecule has 2 N–H and O–H groups in total. The van der Waals surface area contributed by atoms with Crippen molar-refractivity contribution in [2.45, 2.75) is 57.5 Å². The molecule has 0 radical (unpaired) electrons. The van der Waals surface area contributed by atoms with Gasteiger partial charge in [-0.2, -0.15) is 13.2 Å². The minimum absolute atomic E-state index is 0. The molecule has 0 aromatic carbocycles. The molecule has 2 rings (SSSR count). The van der Waals surface area contributed by atoms with Crippen LogP contribution in [-0.2, 0) is 4.74 Å². The third-order valence-corrected chi connectivity index (χ3v) is 6.31. The molecule has 0 aromatic rings. The van der Waals surface area contributed by atoms with Crippen molar-refractivity contribution in [1.82, 2.24) is 15.5 Å². The number of likely N-dealkylation sites (tertiary alicyclic amines) is 1. The molecule has 1 saturated heterocycles. The largest absolute Gasteiger partial charge is 0.401 e. The Bertz CT molecular complexity index is 477. The molecule has 0 spiro atoms. The van der Waals surface area contributed by atoms with E-state index in [0.717, 1.165) is 51.3 Å². The standard InChI is InChI=1S/C20H37F3N4O.HI/c1-24-18(26-15-19(10-14-28-2)8-3-4-9-19)25-11-5-17-6-12-27(13-7-17)16-20(21,22)23;/h17H,3-16H2,1-2H3,(H2,24,25,26);1H. The van der Waals surface area contributed by atoms with Crippen LogP contribution in [0.2, 0.25) is 0 Å². The highest BCUT2D eigenvalue weighted by Crippen LogP contribution is 2.40. The quantitative estimate of drug-likeness (QED) is 0.267. The first-order valence-corrected chi connectivity index (χ1v) is 10.6. The normalized spacial score (nSPS) is 21.1. The SMILES string of the molecule is CN=C(NCCC1CCN(CC(F)(F)F)CC1)NCC1(CCOC)CCCC1.I. The molecule has 172 valence electrons. The maximum atomic E-state index is 12.5. The first-order chi connectivity index (χ1) is 13.4. The molecule has 2 fully saturated rings. The van der Waals surface area contributed by atoms with Crippen LogP contribution in [0.3, 0.4) is 0 Å². The number of piperidine rings is 1. The van der Waals surface area contributed by atoms with Crippen LogP contribution in [-0.4, -0.2) is 70.5 Å². The Morgan fingerprint density at radius 1 is 1.17 bits per heavy atom. The highest BCUT2D eigenvalue weighted by molar-refractivity contribution is 14.0. The highest BCUT2D eigenvalue weighted by Gasteiger charge is 2.34. The van der Waals surface area contributed by atoms with Gasteiger partial charge in [0, 0.05) is 33.9 Å². The van der Waals surface area contributed by atoms with Crippen LogP contribution in [0.15, 0.2) is 4.99 Å². The van der Waals surface area contributed by atoms with Crippen molar-refractivity contribution in [2.75, 3.05) is 53.5 Å². The summed E-state index contributed by atoms with van der Waals surface area (Å²) in [4.78, 5) is 5.84. The Hall–Kier alpha value is -0.290. The van der Waals surface area contributed by atoms with Crippen molar-refractivity contribution in [3.63, 3.8) is 0 Å². The summed E-state index contributed by atoms with van der Waals surface area (Å²) in [5, 5.41) is 6.86. The molecular formula is C20H38F3IN4O. The molecule has 0 aromatic heterocycles. The van der Waals surface area contributed by atoms with Crippen molar-refractivity contribution in [3.8, 4) is 0 Å². The number of ether oxygens (including phenoxy) is 1. The number of rotatable bonds is 9. The van der Waals surface area contributed by atoms with E-state index in [4.69, 9.17) is 4.74 Å². The number of nitrogens with one attached hydrogen (secondary N) is 2. The van der Waals surface area contributed by atoms with E-state index in [1.807, 2.05) is 0 Å². The molecule has 29 heavy (non-hydrogen) atoms. The first-order valence-electron chi connectivity index (χ1n) is 10.6. The Kier molecular flexibility index (Phi) is 12.2. The predicted molar refractivity (Wildman–Crippen MR) is 122 cm³/mol. The van der Waals surface area contributed by atoms with Crippen molar-refractivity contribution in [1.29, 1.82) is 0 Å². The average molecular weight is 534 g/mol. The predicted octanol–water partition coefficient (Wildman–Crippen LogP) is 4.03. The third kappa shape index (κ3) is 10.0. The summed E-state index contributed by atoms with van der Waals surface area (Å²) >= 11 is 0. The smallest absolute Gasteiger partial charge is 0.385 e. The second-order valence-electron chi connectivity index (χ2n) is 8.43. The maximum Gasteiger partial charge on any atom is 0.401 e. The number of guanidine groups is 1. The second kappa shape index (κ2) is 13.2. The van der Waals surface area contributed by atoms with Gasteiger partial charge in [-0.1, -0.05) is 12.8 Å². The van der Waals surface area contributed by atoms with E-state index in [2.05, 4.69) is 15.6 Å². The zero-order valence-electron chi connectivity index (χ0n) is 17.8. The van der Waals surface area contributed by atoms with Crippen LogP contribution in [0.5, 0.6) is 0 Å². The van der Waals surface area contributed by atoms with Crippen LogP contribution >= 0.6 is 24.0 Å². The number of hydrogen-bond donors (Lipinski definition) is 2. The second-order valence-corrected chi connectivity index (χ2v) is 8.43. The molecule has 1 aliphatic heterocycles. The summed E-state index contributed by atoms with van der Waals surface area (Å²) in [6.45, 7) is 2.80. The summed E-state index contributed by atoms with van der Waals surface area (Å²) in [6.07, 6.45) is 4.66. The van der Waals surface area contributed by atoms with E-state index in [-0.39, 0.29) is 24.0 Å². The molecule has 5 nitrogen and oxygen atoms in total. The number of hydrogen-bond acceptors (Lipinski definition) is 3. The van der Waals surface area contributed by atoms with Gasteiger partial charge in [0.1, 0.15) is 0 Å². The van der Waals surface area contributed by atoms with Gasteiger partial charge in [-0.15, -0.1) is 24.0 Å². The zero-order chi connectivity index (χ0) is 20.5. The number of alkyl halides is 3. The fourth-order valence-electron chi connectivity index (χ4n) is 4.53. The Morgan fingerprint density at radius 3 is 2.38 bits per heavy atom. The number of methoxy groups -OCH3 is 1. The lowest BCUT2D eigenvalue weighted by Gasteiger charge is -2.32. The summed E-state index contributed by atoms with van der Waals surface area (Å²) in [5.41, 5.74) is 0.305. The Balaban J connectivity index is 0.00000420. The molecule has 0 amide bonds. The van der Waals surface area contributed by atoms with Crippen molar-refractivity contribution < 1.29 is 17.9 Å². The fraction of sp³-hybridized carbons (Fsp3) is 0.950. The highest BCUT2D eigenvalue weighted by atomic mass is 127. The van der Waals surface area contributed by atoms with Gasteiger partial charge in [0.25, 0.3) is 0 Å². The summed E-state index contributed by atoms with van der Waals surface area (Å²) in [5.74, 6) is 1.30. The van der Waals surface area contributed by atoms with Gasteiger partial charge in [0.15, 0.2) is 5.96 Å². The molecule has 0 unspecified atom stereocenters. The Labute approximate surface area is 190 Å². The minimum Gasteiger partial charge on any atom is -0.385 e. The van der Waals surface area contributed by atoms with E-state index >= 15 is 0 Å². The number of nitrogens with zero attached hydrogens (tertiary/aromatic N) is 2. The molecule has 1 heterocycles.